The Balaban J connectivity index is 0.00000361. The van der Waals surface area contributed by atoms with E-state index in [-0.39, 0.29) is 36.6 Å². The molecule has 1 aliphatic rings. The van der Waals surface area contributed by atoms with Gasteiger partial charge in [0, 0.05) is 19.7 Å². The molecule has 0 bridgehead atoms. The fourth-order valence-electron chi connectivity index (χ4n) is 2.35. The number of carbonyl (C=O) groups is 1. The predicted molar refractivity (Wildman–Crippen MR) is 82.1 cm³/mol. The lowest BCUT2D eigenvalue weighted by atomic mass is 10.0. The van der Waals surface area contributed by atoms with Crippen molar-refractivity contribution in [1.29, 1.82) is 0 Å². The molecule has 0 aliphatic carbocycles. The maximum atomic E-state index is 11.9. The van der Waals surface area contributed by atoms with Crippen molar-refractivity contribution in [2.45, 2.75) is 58.3 Å². The van der Waals surface area contributed by atoms with E-state index in [1.54, 1.807) is 0 Å². The first-order valence-electron chi connectivity index (χ1n) is 7.33. The second-order valence-corrected chi connectivity index (χ2v) is 5.38. The average molecular weight is 309 g/mol. The van der Waals surface area contributed by atoms with E-state index in [0.29, 0.717) is 25.6 Å². The molecule has 1 aliphatic heterocycles. The van der Waals surface area contributed by atoms with Gasteiger partial charge < -0.3 is 20.5 Å². The van der Waals surface area contributed by atoms with Crippen molar-refractivity contribution in [2.24, 2.45) is 11.7 Å². The molecule has 3 N–H and O–H groups in total. The topological polar surface area (TPSA) is 73.6 Å². The van der Waals surface area contributed by atoms with Crippen LogP contribution in [0.2, 0.25) is 0 Å². The summed E-state index contributed by atoms with van der Waals surface area (Å²) < 4.78 is 11.2. The highest BCUT2D eigenvalue weighted by atomic mass is 35.5. The first-order valence-corrected chi connectivity index (χ1v) is 7.33. The maximum absolute atomic E-state index is 11.9. The number of rotatable bonds is 8. The summed E-state index contributed by atoms with van der Waals surface area (Å²) in [7, 11) is 0. The molecule has 1 saturated heterocycles. The molecule has 0 saturated carbocycles. The van der Waals surface area contributed by atoms with Crippen molar-refractivity contribution in [3.63, 3.8) is 0 Å². The average Bonchev–Trinajstić information content (AvgIpc) is 2.86. The number of amides is 1. The van der Waals surface area contributed by atoms with Crippen LogP contribution in [0.5, 0.6) is 0 Å². The van der Waals surface area contributed by atoms with Crippen molar-refractivity contribution < 1.29 is 14.3 Å². The van der Waals surface area contributed by atoms with E-state index >= 15 is 0 Å². The van der Waals surface area contributed by atoms with Gasteiger partial charge in [0.15, 0.2) is 0 Å². The molecule has 3 atom stereocenters. The zero-order valence-electron chi connectivity index (χ0n) is 12.8. The van der Waals surface area contributed by atoms with E-state index in [1.807, 2.05) is 6.92 Å². The fraction of sp³-hybridized carbons (Fsp3) is 0.929. The van der Waals surface area contributed by atoms with Gasteiger partial charge in [-0.1, -0.05) is 13.8 Å². The third kappa shape index (κ3) is 6.39. The lowest BCUT2D eigenvalue weighted by molar-refractivity contribution is -0.132. The third-order valence-corrected chi connectivity index (χ3v) is 3.52. The summed E-state index contributed by atoms with van der Waals surface area (Å²) in [6.45, 7) is 8.09. The van der Waals surface area contributed by atoms with Crippen LogP contribution in [-0.4, -0.2) is 43.9 Å². The fourth-order valence-corrected chi connectivity index (χ4v) is 2.35. The van der Waals surface area contributed by atoms with Crippen molar-refractivity contribution in [1.82, 2.24) is 5.32 Å². The predicted octanol–water partition coefficient (Wildman–Crippen LogP) is 1.48. The Morgan fingerprint density at radius 1 is 1.45 bits per heavy atom. The zero-order chi connectivity index (χ0) is 14.3. The molecule has 20 heavy (non-hydrogen) atoms. The highest BCUT2D eigenvalue weighted by Gasteiger charge is 2.29. The molecular formula is C14H29ClN2O3. The molecule has 120 valence electrons. The summed E-state index contributed by atoms with van der Waals surface area (Å²) in [6, 6.07) is 0. The normalized spacial score (nSPS) is 23.4. The van der Waals surface area contributed by atoms with E-state index in [1.165, 1.54) is 0 Å². The zero-order valence-corrected chi connectivity index (χ0v) is 13.6. The standard InChI is InChI=1S/C14H28N2O3.ClH/c1-4-18-12(10(2)3)7-8-16-14(17)13-6-5-11(9-15)19-13;/h10-13H,4-9,15H2,1-3H3,(H,16,17);1H/t11-,12?,13+;/m1./s1. The van der Waals surface area contributed by atoms with Crippen molar-refractivity contribution in [3.05, 3.63) is 0 Å². The van der Waals surface area contributed by atoms with Crippen LogP contribution in [0.4, 0.5) is 0 Å². The largest absolute Gasteiger partial charge is 0.378 e. The van der Waals surface area contributed by atoms with Gasteiger partial charge in [-0.2, -0.15) is 0 Å². The van der Waals surface area contributed by atoms with Gasteiger partial charge in [-0.3, -0.25) is 4.79 Å². The Morgan fingerprint density at radius 2 is 2.15 bits per heavy atom. The van der Waals surface area contributed by atoms with Gasteiger partial charge in [-0.05, 0) is 32.1 Å². The van der Waals surface area contributed by atoms with E-state index in [2.05, 4.69) is 19.2 Å². The van der Waals surface area contributed by atoms with E-state index in [0.717, 1.165) is 19.3 Å². The van der Waals surface area contributed by atoms with Gasteiger partial charge in [0.05, 0.1) is 12.2 Å². The molecule has 1 rings (SSSR count). The summed E-state index contributed by atoms with van der Waals surface area (Å²) in [5.41, 5.74) is 5.53. The van der Waals surface area contributed by atoms with Crippen LogP contribution in [0, 0.1) is 5.92 Å². The lowest BCUT2D eigenvalue weighted by Crippen LogP contribution is -2.37. The minimum Gasteiger partial charge on any atom is -0.378 e. The summed E-state index contributed by atoms with van der Waals surface area (Å²) >= 11 is 0. The van der Waals surface area contributed by atoms with Gasteiger partial charge in [0.2, 0.25) is 5.91 Å². The molecule has 0 aromatic carbocycles. The van der Waals surface area contributed by atoms with Gasteiger partial charge in [0.25, 0.3) is 0 Å². The second kappa shape index (κ2) is 10.4. The third-order valence-electron chi connectivity index (χ3n) is 3.52. The van der Waals surface area contributed by atoms with Crippen LogP contribution in [0.1, 0.15) is 40.0 Å². The van der Waals surface area contributed by atoms with E-state index < -0.39 is 0 Å². The first-order chi connectivity index (χ1) is 9.08. The number of hydrogen-bond donors (Lipinski definition) is 2. The van der Waals surface area contributed by atoms with Crippen LogP contribution in [-0.2, 0) is 14.3 Å². The smallest absolute Gasteiger partial charge is 0.249 e. The van der Waals surface area contributed by atoms with Crippen LogP contribution in [0.3, 0.4) is 0 Å². The van der Waals surface area contributed by atoms with Gasteiger partial charge in [-0.15, -0.1) is 12.4 Å². The molecular weight excluding hydrogens is 280 g/mol. The number of halogens is 1. The molecule has 0 aromatic heterocycles. The van der Waals surface area contributed by atoms with Crippen molar-refractivity contribution in [3.8, 4) is 0 Å². The number of nitrogens with one attached hydrogen (secondary N) is 1. The van der Waals surface area contributed by atoms with Crippen LogP contribution >= 0.6 is 12.4 Å². The molecule has 0 radical (unpaired) electrons. The quantitative estimate of drug-likeness (QED) is 0.712. The van der Waals surface area contributed by atoms with Crippen molar-refractivity contribution >= 4 is 18.3 Å². The van der Waals surface area contributed by atoms with E-state index in [4.69, 9.17) is 15.2 Å². The number of carbonyl (C=O) groups excluding carboxylic acids is 1. The van der Waals surface area contributed by atoms with E-state index in [9.17, 15) is 4.79 Å². The summed E-state index contributed by atoms with van der Waals surface area (Å²) in [5, 5.41) is 2.93. The van der Waals surface area contributed by atoms with Gasteiger partial charge in [0.1, 0.15) is 6.10 Å². The first kappa shape index (κ1) is 19.6. The molecule has 1 unspecified atom stereocenters. The molecule has 0 aromatic rings. The van der Waals surface area contributed by atoms with Gasteiger partial charge >= 0.3 is 0 Å². The molecule has 6 heteroatoms. The number of hydrogen-bond acceptors (Lipinski definition) is 4. The highest BCUT2D eigenvalue weighted by Crippen LogP contribution is 2.19. The van der Waals surface area contributed by atoms with Crippen LogP contribution < -0.4 is 11.1 Å². The lowest BCUT2D eigenvalue weighted by Gasteiger charge is -2.21. The van der Waals surface area contributed by atoms with Gasteiger partial charge in [-0.25, -0.2) is 0 Å². The molecule has 5 nitrogen and oxygen atoms in total. The summed E-state index contributed by atoms with van der Waals surface area (Å²) in [4.78, 5) is 11.9. The highest BCUT2D eigenvalue weighted by molar-refractivity contribution is 5.85. The minimum atomic E-state index is -0.321. The Labute approximate surface area is 128 Å². The monoisotopic (exact) mass is 308 g/mol. The Hall–Kier alpha value is -0.360. The summed E-state index contributed by atoms with van der Waals surface area (Å²) in [5.74, 6) is 0.441. The van der Waals surface area contributed by atoms with Crippen LogP contribution in [0.15, 0.2) is 0 Å². The Kier molecular flexibility index (Phi) is 10.2. The minimum absolute atomic E-state index is 0. The Bertz CT molecular complexity index is 277. The maximum Gasteiger partial charge on any atom is 0.249 e. The van der Waals surface area contributed by atoms with Crippen LogP contribution in [0.25, 0.3) is 0 Å². The SMILES string of the molecule is CCOC(CCNC(=O)[C@@H]1CC[C@H](CN)O1)C(C)C.Cl. The molecule has 0 spiro atoms. The second-order valence-electron chi connectivity index (χ2n) is 5.38. The molecule has 1 fully saturated rings. The number of ether oxygens (including phenoxy) is 2. The molecule has 1 heterocycles. The molecule has 1 amide bonds. The Morgan fingerprint density at radius 3 is 2.65 bits per heavy atom. The van der Waals surface area contributed by atoms with Crippen molar-refractivity contribution in [2.75, 3.05) is 19.7 Å². The number of nitrogens with two attached hydrogens (primary N) is 1. The summed E-state index contributed by atoms with van der Waals surface area (Å²) in [6.07, 6.45) is 2.41.